The SMILES string of the molecule is Cc1ccnc(OCC2CCOCC2)c1C(=O)O. The van der Waals surface area contributed by atoms with Gasteiger partial charge < -0.3 is 14.6 Å². The van der Waals surface area contributed by atoms with E-state index in [9.17, 15) is 4.79 Å². The summed E-state index contributed by atoms with van der Waals surface area (Å²) in [5.74, 6) is -0.362. The lowest BCUT2D eigenvalue weighted by Crippen LogP contribution is -2.22. The van der Waals surface area contributed by atoms with Crippen molar-refractivity contribution in [2.24, 2.45) is 5.92 Å². The highest BCUT2D eigenvalue weighted by molar-refractivity contribution is 5.91. The van der Waals surface area contributed by atoms with Crippen molar-refractivity contribution in [2.75, 3.05) is 19.8 Å². The molecule has 2 heterocycles. The number of nitrogens with zero attached hydrogens (tertiary/aromatic N) is 1. The van der Waals surface area contributed by atoms with E-state index < -0.39 is 5.97 Å². The van der Waals surface area contributed by atoms with E-state index >= 15 is 0 Å². The Balaban J connectivity index is 2.04. The van der Waals surface area contributed by atoms with Gasteiger partial charge in [0.1, 0.15) is 5.56 Å². The van der Waals surface area contributed by atoms with Crippen LogP contribution < -0.4 is 4.74 Å². The van der Waals surface area contributed by atoms with Crippen LogP contribution in [0.1, 0.15) is 28.8 Å². The van der Waals surface area contributed by atoms with Crippen LogP contribution in [0.2, 0.25) is 0 Å². The fourth-order valence-electron chi connectivity index (χ4n) is 2.01. The van der Waals surface area contributed by atoms with Crippen LogP contribution in [0.5, 0.6) is 5.88 Å². The van der Waals surface area contributed by atoms with Crippen LogP contribution in [0.15, 0.2) is 12.3 Å². The van der Waals surface area contributed by atoms with Crippen molar-refractivity contribution < 1.29 is 19.4 Å². The number of carboxylic acid groups (broad SMARTS) is 1. The van der Waals surface area contributed by atoms with Gasteiger partial charge in [-0.1, -0.05) is 0 Å². The molecule has 1 fully saturated rings. The fraction of sp³-hybridized carbons (Fsp3) is 0.538. The van der Waals surface area contributed by atoms with Gasteiger partial charge in [0.15, 0.2) is 0 Å². The number of hydrogen-bond donors (Lipinski definition) is 1. The lowest BCUT2D eigenvalue weighted by Gasteiger charge is -2.22. The first kappa shape index (κ1) is 12.8. The Labute approximate surface area is 106 Å². The average Bonchev–Trinajstić information content (AvgIpc) is 2.37. The molecule has 1 aromatic heterocycles. The van der Waals surface area contributed by atoms with Gasteiger partial charge in [-0.15, -0.1) is 0 Å². The fourth-order valence-corrected chi connectivity index (χ4v) is 2.01. The minimum absolute atomic E-state index is 0.157. The highest BCUT2D eigenvalue weighted by Crippen LogP contribution is 2.21. The van der Waals surface area contributed by atoms with Gasteiger partial charge in [-0.25, -0.2) is 9.78 Å². The van der Waals surface area contributed by atoms with Crippen LogP contribution >= 0.6 is 0 Å². The molecule has 5 nitrogen and oxygen atoms in total. The first-order valence-corrected chi connectivity index (χ1v) is 6.08. The third-order valence-electron chi connectivity index (χ3n) is 3.14. The Hall–Kier alpha value is -1.62. The number of carboxylic acids is 1. The molecule has 0 aromatic carbocycles. The Morgan fingerprint density at radius 3 is 2.94 bits per heavy atom. The standard InChI is InChI=1S/C13H17NO4/c1-9-2-5-14-12(11(9)13(15)16)18-8-10-3-6-17-7-4-10/h2,5,10H,3-4,6-8H2,1H3,(H,15,16). The maximum atomic E-state index is 11.2. The third kappa shape index (κ3) is 2.98. The van der Waals surface area contributed by atoms with Gasteiger partial charge in [0, 0.05) is 19.4 Å². The van der Waals surface area contributed by atoms with E-state index in [1.165, 1.54) is 0 Å². The van der Waals surface area contributed by atoms with Gasteiger partial charge in [0.25, 0.3) is 0 Å². The summed E-state index contributed by atoms with van der Waals surface area (Å²) in [6.45, 7) is 3.74. The van der Waals surface area contributed by atoms with E-state index in [1.807, 2.05) is 0 Å². The summed E-state index contributed by atoms with van der Waals surface area (Å²) in [4.78, 5) is 15.2. The number of carbonyl (C=O) groups is 1. The number of aromatic nitrogens is 1. The molecule has 0 bridgehead atoms. The van der Waals surface area contributed by atoms with Crippen LogP contribution in [-0.4, -0.2) is 35.9 Å². The van der Waals surface area contributed by atoms with Crippen LogP contribution in [0.25, 0.3) is 0 Å². The number of pyridine rings is 1. The second-order valence-electron chi connectivity index (χ2n) is 4.48. The zero-order valence-electron chi connectivity index (χ0n) is 10.4. The zero-order chi connectivity index (χ0) is 13.0. The topological polar surface area (TPSA) is 68.7 Å². The number of ether oxygens (including phenoxy) is 2. The van der Waals surface area contributed by atoms with E-state index in [-0.39, 0.29) is 11.4 Å². The number of aromatic carboxylic acids is 1. The summed E-state index contributed by atoms with van der Waals surface area (Å²) < 4.78 is 10.8. The first-order valence-electron chi connectivity index (χ1n) is 6.08. The summed E-state index contributed by atoms with van der Waals surface area (Å²) >= 11 is 0. The predicted octanol–water partition coefficient (Wildman–Crippen LogP) is 1.89. The monoisotopic (exact) mass is 251 g/mol. The van der Waals surface area contributed by atoms with Gasteiger partial charge in [0.05, 0.1) is 6.61 Å². The summed E-state index contributed by atoms with van der Waals surface area (Å²) in [5.41, 5.74) is 0.823. The minimum Gasteiger partial charge on any atom is -0.477 e. The Morgan fingerprint density at radius 2 is 2.28 bits per heavy atom. The smallest absolute Gasteiger partial charge is 0.341 e. The molecule has 98 valence electrons. The molecule has 1 aliphatic heterocycles. The summed E-state index contributed by atoms with van der Waals surface area (Å²) in [5, 5.41) is 9.14. The highest BCUT2D eigenvalue weighted by atomic mass is 16.5. The van der Waals surface area contributed by atoms with Crippen molar-refractivity contribution in [3.8, 4) is 5.88 Å². The number of aryl methyl sites for hydroxylation is 1. The van der Waals surface area contributed by atoms with Gasteiger partial charge in [-0.3, -0.25) is 0 Å². The molecule has 1 saturated heterocycles. The summed E-state index contributed by atoms with van der Waals surface area (Å²) in [6, 6.07) is 1.67. The van der Waals surface area contributed by atoms with Crippen molar-refractivity contribution in [3.05, 3.63) is 23.4 Å². The molecule has 0 radical (unpaired) electrons. The third-order valence-corrected chi connectivity index (χ3v) is 3.14. The Morgan fingerprint density at radius 1 is 1.56 bits per heavy atom. The molecule has 2 rings (SSSR count). The minimum atomic E-state index is -0.998. The summed E-state index contributed by atoms with van der Waals surface area (Å²) in [7, 11) is 0. The first-order chi connectivity index (χ1) is 8.68. The molecule has 0 amide bonds. The zero-order valence-corrected chi connectivity index (χ0v) is 10.4. The molecular formula is C13H17NO4. The molecule has 0 aliphatic carbocycles. The van der Waals surface area contributed by atoms with E-state index in [0.29, 0.717) is 18.1 Å². The number of hydrogen-bond acceptors (Lipinski definition) is 4. The van der Waals surface area contributed by atoms with Crippen molar-refractivity contribution in [3.63, 3.8) is 0 Å². The molecule has 5 heteroatoms. The van der Waals surface area contributed by atoms with E-state index in [1.54, 1.807) is 19.2 Å². The van der Waals surface area contributed by atoms with Gasteiger partial charge in [0.2, 0.25) is 5.88 Å². The van der Waals surface area contributed by atoms with Crippen molar-refractivity contribution in [1.82, 2.24) is 4.98 Å². The number of rotatable bonds is 4. The van der Waals surface area contributed by atoms with E-state index in [4.69, 9.17) is 14.6 Å². The lowest BCUT2D eigenvalue weighted by molar-refractivity contribution is 0.0482. The Bertz CT molecular complexity index is 427. The second-order valence-corrected chi connectivity index (χ2v) is 4.48. The van der Waals surface area contributed by atoms with E-state index in [0.717, 1.165) is 26.1 Å². The largest absolute Gasteiger partial charge is 0.477 e. The average molecular weight is 251 g/mol. The van der Waals surface area contributed by atoms with Crippen LogP contribution in [-0.2, 0) is 4.74 Å². The molecule has 18 heavy (non-hydrogen) atoms. The molecule has 1 aromatic rings. The predicted molar refractivity (Wildman–Crippen MR) is 65.0 cm³/mol. The molecule has 0 spiro atoms. The summed E-state index contributed by atoms with van der Waals surface area (Å²) in [6.07, 6.45) is 3.48. The van der Waals surface area contributed by atoms with Gasteiger partial charge >= 0.3 is 5.97 Å². The second kappa shape index (κ2) is 5.82. The normalized spacial score (nSPS) is 16.5. The van der Waals surface area contributed by atoms with Crippen molar-refractivity contribution in [2.45, 2.75) is 19.8 Å². The van der Waals surface area contributed by atoms with Gasteiger partial charge in [-0.2, -0.15) is 0 Å². The van der Waals surface area contributed by atoms with Crippen molar-refractivity contribution in [1.29, 1.82) is 0 Å². The molecule has 0 unspecified atom stereocenters. The Kier molecular flexibility index (Phi) is 4.15. The van der Waals surface area contributed by atoms with E-state index in [2.05, 4.69) is 4.98 Å². The highest BCUT2D eigenvalue weighted by Gasteiger charge is 2.19. The molecule has 0 atom stereocenters. The van der Waals surface area contributed by atoms with Gasteiger partial charge in [-0.05, 0) is 37.3 Å². The quantitative estimate of drug-likeness (QED) is 0.885. The molecule has 1 N–H and O–H groups in total. The molecule has 0 saturated carbocycles. The molecular weight excluding hydrogens is 234 g/mol. The maximum absolute atomic E-state index is 11.2. The van der Waals surface area contributed by atoms with Crippen LogP contribution in [0.3, 0.4) is 0 Å². The van der Waals surface area contributed by atoms with Crippen LogP contribution in [0, 0.1) is 12.8 Å². The van der Waals surface area contributed by atoms with Crippen LogP contribution in [0.4, 0.5) is 0 Å². The molecule has 1 aliphatic rings. The van der Waals surface area contributed by atoms with Crippen molar-refractivity contribution >= 4 is 5.97 Å². The maximum Gasteiger partial charge on any atom is 0.341 e. The lowest BCUT2D eigenvalue weighted by atomic mass is 10.0.